The van der Waals surface area contributed by atoms with Crippen LogP contribution in [-0.4, -0.2) is 6.71 Å². The van der Waals surface area contributed by atoms with E-state index in [9.17, 15) is 0 Å². The summed E-state index contributed by atoms with van der Waals surface area (Å²) in [5.41, 5.74) is 20.8. The van der Waals surface area contributed by atoms with Crippen molar-refractivity contribution >= 4 is 79.2 Å². The zero-order valence-corrected chi connectivity index (χ0v) is 38.7. The van der Waals surface area contributed by atoms with Crippen LogP contribution in [0.4, 0.5) is 34.1 Å². The second-order valence-electron chi connectivity index (χ2n) is 22.0. The first-order valence-electron chi connectivity index (χ1n) is 22.5. The van der Waals surface area contributed by atoms with Crippen LogP contribution in [0, 0.1) is 0 Å². The number of anilines is 6. The molecule has 0 N–H and O–H groups in total. The molecule has 0 saturated heterocycles. The molecule has 2 aliphatic rings. The van der Waals surface area contributed by atoms with Crippen LogP contribution >= 0.6 is 0 Å². The summed E-state index contributed by atoms with van der Waals surface area (Å²) in [7, 11) is 0. The zero-order chi connectivity index (χ0) is 43.7. The third kappa shape index (κ3) is 6.57. The molecule has 0 aliphatic carbocycles. The van der Waals surface area contributed by atoms with Gasteiger partial charge in [-0.25, -0.2) is 0 Å². The van der Waals surface area contributed by atoms with Crippen molar-refractivity contribution < 1.29 is 4.42 Å². The molecule has 0 radical (unpaired) electrons. The predicted octanol–water partition coefficient (Wildman–Crippen LogP) is 14.5. The summed E-state index contributed by atoms with van der Waals surface area (Å²) in [6.45, 7) is 28.0. The molecule has 62 heavy (non-hydrogen) atoms. The van der Waals surface area contributed by atoms with Gasteiger partial charge in [0.15, 0.2) is 0 Å². The van der Waals surface area contributed by atoms with E-state index in [0.717, 1.165) is 27.6 Å². The lowest BCUT2D eigenvalue weighted by atomic mass is 9.33. The first-order valence-corrected chi connectivity index (χ1v) is 22.5. The molecule has 3 nitrogen and oxygen atoms in total. The third-order valence-electron chi connectivity index (χ3n) is 13.5. The van der Waals surface area contributed by atoms with Crippen LogP contribution in [0.15, 0.2) is 144 Å². The third-order valence-corrected chi connectivity index (χ3v) is 13.5. The Morgan fingerprint density at radius 2 is 0.935 bits per heavy atom. The summed E-state index contributed by atoms with van der Waals surface area (Å²) in [4.78, 5) is 5.15. The van der Waals surface area contributed by atoms with Crippen molar-refractivity contribution in [3.8, 4) is 11.1 Å². The molecule has 0 spiro atoms. The molecule has 0 saturated carbocycles. The summed E-state index contributed by atoms with van der Waals surface area (Å²) in [6.07, 6.45) is 0. The van der Waals surface area contributed by atoms with Gasteiger partial charge in [-0.2, -0.15) is 0 Å². The normalized spacial score (nSPS) is 14.0. The standard InChI is InChI=1S/C58H59BN2O/c1-55(2,3)38-21-25-42(26-22-38)60-49-33-40(57(7,8)9)23-27-46(49)59-47-32-39(56(4,5)6)24-28-48(47)61(51-35-41(58(10,11)12)34-50(60)54(51)59)43-17-15-16-36(30-43)37-20-29-53-45(31-37)44-18-13-14-19-52(44)62-53/h13-35H,1-12H3. The molecule has 3 heterocycles. The van der Waals surface area contributed by atoms with E-state index < -0.39 is 0 Å². The van der Waals surface area contributed by atoms with Crippen LogP contribution in [0.5, 0.6) is 0 Å². The maximum Gasteiger partial charge on any atom is 0.252 e. The highest BCUT2D eigenvalue weighted by atomic mass is 16.3. The molecule has 0 bridgehead atoms. The highest BCUT2D eigenvalue weighted by Crippen LogP contribution is 2.48. The Morgan fingerprint density at radius 3 is 1.61 bits per heavy atom. The highest BCUT2D eigenvalue weighted by Gasteiger charge is 2.45. The molecule has 8 aromatic rings. The van der Waals surface area contributed by atoms with Crippen LogP contribution in [-0.2, 0) is 21.7 Å². The number of benzene rings is 7. The Morgan fingerprint density at radius 1 is 0.371 bits per heavy atom. The van der Waals surface area contributed by atoms with Gasteiger partial charge >= 0.3 is 0 Å². The quantitative estimate of drug-likeness (QED) is 0.166. The van der Waals surface area contributed by atoms with Crippen LogP contribution in [0.3, 0.4) is 0 Å². The molecular formula is C58H59BN2O. The Hall–Kier alpha value is -6.00. The molecule has 7 aromatic carbocycles. The van der Waals surface area contributed by atoms with Gasteiger partial charge < -0.3 is 14.2 Å². The Kier molecular flexibility index (Phi) is 8.89. The minimum absolute atomic E-state index is 0.0174. The topological polar surface area (TPSA) is 19.6 Å². The van der Waals surface area contributed by atoms with Crippen molar-refractivity contribution in [3.63, 3.8) is 0 Å². The van der Waals surface area contributed by atoms with E-state index in [1.807, 2.05) is 6.07 Å². The van der Waals surface area contributed by atoms with Crippen molar-refractivity contribution in [1.82, 2.24) is 0 Å². The number of furan rings is 1. The molecule has 10 rings (SSSR count). The van der Waals surface area contributed by atoms with Crippen LogP contribution in [0.1, 0.15) is 105 Å². The van der Waals surface area contributed by atoms with Crippen LogP contribution < -0.4 is 26.2 Å². The van der Waals surface area contributed by atoms with E-state index in [1.54, 1.807) is 0 Å². The number of para-hydroxylation sites is 1. The monoisotopic (exact) mass is 810 g/mol. The van der Waals surface area contributed by atoms with E-state index >= 15 is 0 Å². The number of nitrogens with zero attached hydrogens (tertiary/aromatic N) is 2. The molecule has 0 atom stereocenters. The lowest BCUT2D eigenvalue weighted by molar-refractivity contribution is 0.589. The first-order chi connectivity index (χ1) is 29.3. The average molecular weight is 811 g/mol. The summed E-state index contributed by atoms with van der Waals surface area (Å²) in [6, 6.07) is 53.1. The Balaban J connectivity index is 1.26. The molecule has 0 unspecified atom stereocenters. The lowest BCUT2D eigenvalue weighted by Gasteiger charge is -2.45. The summed E-state index contributed by atoms with van der Waals surface area (Å²) >= 11 is 0. The highest BCUT2D eigenvalue weighted by molar-refractivity contribution is 7.00. The maximum absolute atomic E-state index is 6.25. The average Bonchev–Trinajstić information content (AvgIpc) is 3.60. The van der Waals surface area contributed by atoms with E-state index in [1.165, 1.54) is 78.2 Å². The van der Waals surface area contributed by atoms with E-state index in [2.05, 4.69) is 226 Å². The molecular weight excluding hydrogens is 751 g/mol. The van der Waals surface area contributed by atoms with Gasteiger partial charge in [0, 0.05) is 44.9 Å². The number of rotatable bonds is 3. The maximum atomic E-state index is 6.25. The van der Waals surface area contributed by atoms with Gasteiger partial charge in [0.05, 0.1) is 0 Å². The van der Waals surface area contributed by atoms with Crippen molar-refractivity contribution in [2.45, 2.75) is 105 Å². The van der Waals surface area contributed by atoms with Gasteiger partial charge in [-0.3, -0.25) is 0 Å². The summed E-state index contributed by atoms with van der Waals surface area (Å²) in [5.74, 6) is 0. The fourth-order valence-corrected chi connectivity index (χ4v) is 9.76. The number of hydrogen-bond acceptors (Lipinski definition) is 3. The van der Waals surface area contributed by atoms with Gasteiger partial charge in [-0.15, -0.1) is 0 Å². The van der Waals surface area contributed by atoms with Gasteiger partial charge in [-0.1, -0.05) is 156 Å². The minimum Gasteiger partial charge on any atom is -0.456 e. The minimum atomic E-state index is -0.108. The molecule has 310 valence electrons. The van der Waals surface area contributed by atoms with Gasteiger partial charge in [-0.05, 0) is 138 Å². The van der Waals surface area contributed by atoms with Gasteiger partial charge in [0.25, 0.3) is 6.71 Å². The van der Waals surface area contributed by atoms with Crippen molar-refractivity contribution in [2.24, 2.45) is 0 Å². The van der Waals surface area contributed by atoms with Crippen molar-refractivity contribution in [3.05, 3.63) is 162 Å². The Labute approximate surface area is 369 Å². The largest absolute Gasteiger partial charge is 0.456 e. The zero-order valence-electron chi connectivity index (χ0n) is 38.7. The lowest BCUT2D eigenvalue weighted by Crippen LogP contribution is -2.61. The molecule has 1 aromatic heterocycles. The van der Waals surface area contributed by atoms with Crippen molar-refractivity contribution in [1.29, 1.82) is 0 Å². The first kappa shape index (κ1) is 40.1. The SMILES string of the molecule is CC(C)(C)c1ccc(N2c3cc(C(C)(C)C)ccc3B3c4cc(C(C)(C)C)ccc4N(c4cccc(-c5ccc6oc7ccccc7c6c5)c4)c4cc(C(C)(C)C)cc2c43)cc1. The number of hydrogen-bond donors (Lipinski definition) is 0. The number of fused-ring (bicyclic) bond motifs is 7. The van der Waals surface area contributed by atoms with Crippen LogP contribution in [0.2, 0.25) is 0 Å². The smallest absolute Gasteiger partial charge is 0.252 e. The van der Waals surface area contributed by atoms with Crippen molar-refractivity contribution in [2.75, 3.05) is 9.80 Å². The van der Waals surface area contributed by atoms with Crippen LogP contribution in [0.25, 0.3) is 33.1 Å². The molecule has 0 fully saturated rings. The second-order valence-corrected chi connectivity index (χ2v) is 22.0. The van der Waals surface area contributed by atoms with Gasteiger partial charge in [0.2, 0.25) is 0 Å². The van der Waals surface area contributed by atoms with E-state index in [-0.39, 0.29) is 28.4 Å². The Bertz CT molecular complexity index is 3070. The van der Waals surface area contributed by atoms with E-state index in [4.69, 9.17) is 4.42 Å². The molecule has 2 aliphatic heterocycles. The summed E-state index contributed by atoms with van der Waals surface area (Å²) in [5, 5.41) is 2.28. The molecule has 4 heteroatoms. The predicted molar refractivity (Wildman–Crippen MR) is 268 cm³/mol. The molecule has 0 amide bonds. The van der Waals surface area contributed by atoms with Gasteiger partial charge in [0.1, 0.15) is 11.2 Å². The fraction of sp³-hybridized carbons (Fsp3) is 0.276. The summed E-state index contributed by atoms with van der Waals surface area (Å²) < 4.78 is 6.25. The van der Waals surface area contributed by atoms with E-state index in [0.29, 0.717) is 0 Å². The second kappa shape index (κ2) is 13.8. The fourth-order valence-electron chi connectivity index (χ4n) is 9.76.